The first-order chi connectivity index (χ1) is 14.4. The van der Waals surface area contributed by atoms with E-state index in [1.165, 1.54) is 10.6 Å². The normalized spacial score (nSPS) is 11.0. The predicted molar refractivity (Wildman–Crippen MR) is 116 cm³/mol. The summed E-state index contributed by atoms with van der Waals surface area (Å²) >= 11 is 0. The highest BCUT2D eigenvalue weighted by atomic mass is 19.1. The highest BCUT2D eigenvalue weighted by molar-refractivity contribution is 5.90. The van der Waals surface area contributed by atoms with Crippen molar-refractivity contribution in [3.05, 3.63) is 99.9 Å². The van der Waals surface area contributed by atoms with Gasteiger partial charge in [0.2, 0.25) is 5.91 Å². The van der Waals surface area contributed by atoms with Crippen LogP contribution in [0.2, 0.25) is 0 Å². The Hall–Kier alpha value is -3.67. The minimum absolute atomic E-state index is 0.153. The first-order valence-corrected chi connectivity index (χ1v) is 9.70. The molecule has 2 heterocycles. The molecule has 2 aromatic carbocycles. The predicted octanol–water partition coefficient (Wildman–Crippen LogP) is 4.25. The molecule has 0 saturated carbocycles. The van der Waals surface area contributed by atoms with E-state index in [1.54, 1.807) is 25.3 Å². The molecule has 0 fully saturated rings. The van der Waals surface area contributed by atoms with Crippen molar-refractivity contribution in [1.29, 1.82) is 0 Å². The van der Waals surface area contributed by atoms with Crippen LogP contribution in [-0.2, 0) is 17.9 Å². The number of hydrogen-bond acceptors (Lipinski definition) is 2. The van der Waals surface area contributed by atoms with Crippen LogP contribution in [0.1, 0.15) is 16.7 Å². The lowest BCUT2D eigenvalue weighted by molar-refractivity contribution is -0.116. The molecule has 4 aromatic rings. The Kier molecular flexibility index (Phi) is 5.23. The second-order valence-electron chi connectivity index (χ2n) is 7.50. The van der Waals surface area contributed by atoms with Crippen molar-refractivity contribution in [3.8, 4) is 0 Å². The lowest BCUT2D eigenvalue weighted by atomic mass is 10.1. The lowest BCUT2D eigenvalue weighted by Gasteiger charge is -2.10. The minimum atomic E-state index is -0.392. The van der Waals surface area contributed by atoms with Gasteiger partial charge in [0, 0.05) is 30.0 Å². The van der Waals surface area contributed by atoms with Gasteiger partial charge in [0.25, 0.3) is 5.56 Å². The number of fused-ring (bicyclic) bond motifs is 1. The first kappa shape index (κ1) is 19.6. The number of nitrogens with zero attached hydrogens (tertiary/aromatic N) is 2. The molecule has 4 rings (SSSR count). The van der Waals surface area contributed by atoms with E-state index in [1.807, 2.05) is 48.0 Å². The summed E-state index contributed by atoms with van der Waals surface area (Å²) in [7, 11) is 0. The van der Waals surface area contributed by atoms with Crippen LogP contribution in [0, 0.1) is 19.7 Å². The van der Waals surface area contributed by atoms with Crippen LogP contribution >= 0.6 is 0 Å². The van der Waals surface area contributed by atoms with Crippen LogP contribution in [0.3, 0.4) is 0 Å². The molecule has 1 N–H and O–H groups in total. The fourth-order valence-electron chi connectivity index (χ4n) is 3.53. The van der Waals surface area contributed by atoms with E-state index in [0.717, 1.165) is 16.5 Å². The zero-order chi connectivity index (χ0) is 21.3. The molecule has 0 atom stereocenters. The topological polar surface area (TPSA) is 56.0 Å². The molecule has 0 aliphatic heterocycles. The molecular weight excluding hydrogens is 381 g/mol. The summed E-state index contributed by atoms with van der Waals surface area (Å²) in [6, 6.07) is 16.3. The number of aromatic nitrogens is 2. The molecule has 2 aromatic heterocycles. The van der Waals surface area contributed by atoms with Gasteiger partial charge in [-0.1, -0.05) is 35.9 Å². The molecule has 152 valence electrons. The molecule has 30 heavy (non-hydrogen) atoms. The Balaban J connectivity index is 1.59. The van der Waals surface area contributed by atoms with Gasteiger partial charge in [-0.2, -0.15) is 0 Å². The maximum Gasteiger partial charge on any atom is 0.275 e. The Morgan fingerprint density at radius 1 is 1.00 bits per heavy atom. The van der Waals surface area contributed by atoms with Gasteiger partial charge < -0.3 is 14.5 Å². The SMILES string of the molecule is Cc1cccc(Cn2ccc3ccn(CC(=O)Nc4ccc(C)c(F)c4)c(=O)c32)c1. The number of halogens is 1. The first-order valence-electron chi connectivity index (χ1n) is 9.70. The van der Waals surface area contributed by atoms with E-state index in [0.29, 0.717) is 23.3 Å². The number of carbonyl (C=O) groups is 1. The molecule has 6 heteroatoms. The summed E-state index contributed by atoms with van der Waals surface area (Å²) in [5, 5.41) is 3.47. The second kappa shape index (κ2) is 7.99. The summed E-state index contributed by atoms with van der Waals surface area (Å²) < 4.78 is 17.0. The van der Waals surface area contributed by atoms with Crippen molar-refractivity contribution in [1.82, 2.24) is 9.13 Å². The average Bonchev–Trinajstić information content (AvgIpc) is 3.10. The molecule has 5 nitrogen and oxygen atoms in total. The molecule has 0 bridgehead atoms. The van der Waals surface area contributed by atoms with Crippen LogP contribution in [0.15, 0.2) is 71.8 Å². The van der Waals surface area contributed by atoms with Gasteiger partial charge in [0.1, 0.15) is 17.9 Å². The zero-order valence-corrected chi connectivity index (χ0v) is 16.9. The number of amides is 1. The van der Waals surface area contributed by atoms with E-state index >= 15 is 0 Å². The smallest absolute Gasteiger partial charge is 0.275 e. The lowest BCUT2D eigenvalue weighted by Crippen LogP contribution is -2.28. The summed E-state index contributed by atoms with van der Waals surface area (Å²) in [4.78, 5) is 25.5. The Bertz CT molecular complexity index is 1300. The zero-order valence-electron chi connectivity index (χ0n) is 16.9. The van der Waals surface area contributed by atoms with Crippen LogP contribution < -0.4 is 10.9 Å². The van der Waals surface area contributed by atoms with Crippen molar-refractivity contribution >= 4 is 22.5 Å². The Labute approximate surface area is 173 Å². The maximum absolute atomic E-state index is 13.7. The number of anilines is 1. The fourth-order valence-corrected chi connectivity index (χ4v) is 3.53. The molecule has 0 aliphatic rings. The summed E-state index contributed by atoms with van der Waals surface area (Å²) in [6.07, 6.45) is 3.49. The quantitative estimate of drug-likeness (QED) is 0.542. The highest BCUT2D eigenvalue weighted by Crippen LogP contribution is 2.16. The number of aryl methyl sites for hydroxylation is 2. The third-order valence-corrected chi connectivity index (χ3v) is 5.10. The standard InChI is InChI=1S/C24H22FN3O2/c1-16-4-3-5-18(12-16)14-27-10-8-19-9-11-28(24(30)23(19)27)15-22(29)26-20-7-6-17(2)21(25)13-20/h3-13H,14-15H2,1-2H3,(H,26,29). The van der Waals surface area contributed by atoms with Gasteiger partial charge in [0.05, 0.1) is 0 Å². The molecule has 0 spiro atoms. The third-order valence-electron chi connectivity index (χ3n) is 5.10. The van der Waals surface area contributed by atoms with Gasteiger partial charge in [-0.05, 0) is 49.2 Å². The number of hydrogen-bond donors (Lipinski definition) is 1. The fraction of sp³-hybridized carbons (Fsp3) is 0.167. The molecule has 1 amide bonds. The van der Waals surface area contributed by atoms with Crippen LogP contribution in [0.5, 0.6) is 0 Å². The van der Waals surface area contributed by atoms with Gasteiger partial charge in [-0.3, -0.25) is 9.59 Å². The van der Waals surface area contributed by atoms with E-state index < -0.39 is 5.91 Å². The van der Waals surface area contributed by atoms with Crippen LogP contribution in [-0.4, -0.2) is 15.0 Å². The second-order valence-corrected chi connectivity index (χ2v) is 7.50. The van der Waals surface area contributed by atoms with Crippen molar-refractivity contribution in [3.63, 3.8) is 0 Å². The third kappa shape index (κ3) is 4.03. The van der Waals surface area contributed by atoms with Gasteiger partial charge >= 0.3 is 0 Å². The van der Waals surface area contributed by atoms with Gasteiger partial charge in [-0.25, -0.2) is 4.39 Å². The summed E-state index contributed by atoms with van der Waals surface area (Å²) in [5.41, 5.74) is 3.43. The largest absolute Gasteiger partial charge is 0.339 e. The minimum Gasteiger partial charge on any atom is -0.339 e. The highest BCUT2D eigenvalue weighted by Gasteiger charge is 2.12. The van der Waals surface area contributed by atoms with Crippen molar-refractivity contribution in [2.24, 2.45) is 0 Å². The number of benzene rings is 2. The van der Waals surface area contributed by atoms with Gasteiger partial charge in [0.15, 0.2) is 0 Å². The number of rotatable bonds is 5. The van der Waals surface area contributed by atoms with Crippen molar-refractivity contribution < 1.29 is 9.18 Å². The Morgan fingerprint density at radius 3 is 2.50 bits per heavy atom. The molecule has 0 unspecified atom stereocenters. The number of pyridine rings is 1. The summed E-state index contributed by atoms with van der Waals surface area (Å²) in [6.45, 7) is 4.10. The monoisotopic (exact) mass is 403 g/mol. The maximum atomic E-state index is 13.7. The molecule has 0 saturated heterocycles. The number of nitrogens with one attached hydrogen (secondary N) is 1. The van der Waals surface area contributed by atoms with E-state index in [2.05, 4.69) is 11.4 Å². The van der Waals surface area contributed by atoms with E-state index in [9.17, 15) is 14.0 Å². The number of carbonyl (C=O) groups excluding carboxylic acids is 1. The summed E-state index contributed by atoms with van der Waals surface area (Å²) in [5.74, 6) is -0.781. The Morgan fingerprint density at radius 2 is 1.77 bits per heavy atom. The average molecular weight is 403 g/mol. The van der Waals surface area contributed by atoms with Crippen molar-refractivity contribution in [2.75, 3.05) is 5.32 Å². The van der Waals surface area contributed by atoms with Crippen LogP contribution in [0.25, 0.3) is 10.9 Å². The van der Waals surface area contributed by atoms with Gasteiger partial charge in [-0.15, -0.1) is 0 Å². The molecular formula is C24H22FN3O2. The van der Waals surface area contributed by atoms with Crippen LogP contribution in [0.4, 0.5) is 10.1 Å². The molecule has 0 aliphatic carbocycles. The van der Waals surface area contributed by atoms with Crippen molar-refractivity contribution in [2.45, 2.75) is 26.9 Å². The van der Waals surface area contributed by atoms with E-state index in [-0.39, 0.29) is 17.9 Å². The molecule has 0 radical (unpaired) electrons. The van der Waals surface area contributed by atoms with E-state index in [4.69, 9.17) is 0 Å².